The van der Waals surface area contributed by atoms with Gasteiger partial charge in [0, 0.05) is 12.7 Å². The standard InChI is InChI=1S/C5H10NO2.K/c7-3-4-1-6-2-5(4)8;/h4-5,7-8H,1-3H2;/q-1;+1. The quantitative estimate of drug-likeness (QED) is 0.384. The molecule has 0 aromatic carbocycles. The van der Waals surface area contributed by atoms with Crippen molar-refractivity contribution < 1.29 is 61.6 Å². The van der Waals surface area contributed by atoms with Crippen LogP contribution in [-0.2, 0) is 0 Å². The first kappa shape index (κ1) is 10.5. The molecule has 0 radical (unpaired) electrons. The monoisotopic (exact) mass is 155 g/mol. The summed E-state index contributed by atoms with van der Waals surface area (Å²) in [6.45, 7) is 1.19. The molecule has 0 aliphatic carbocycles. The first-order valence-corrected chi connectivity index (χ1v) is 2.76. The van der Waals surface area contributed by atoms with E-state index in [2.05, 4.69) is 5.32 Å². The molecule has 1 aliphatic heterocycles. The summed E-state index contributed by atoms with van der Waals surface area (Å²) in [7, 11) is 0. The summed E-state index contributed by atoms with van der Waals surface area (Å²) in [6, 6.07) is 0. The van der Waals surface area contributed by atoms with Gasteiger partial charge in [0.2, 0.25) is 0 Å². The van der Waals surface area contributed by atoms with Gasteiger partial charge in [-0.25, -0.2) is 0 Å². The molecule has 1 heterocycles. The van der Waals surface area contributed by atoms with Crippen molar-refractivity contribution in [1.82, 2.24) is 0 Å². The molecule has 0 spiro atoms. The van der Waals surface area contributed by atoms with Crippen molar-refractivity contribution >= 4 is 0 Å². The van der Waals surface area contributed by atoms with Gasteiger partial charge in [0.1, 0.15) is 0 Å². The van der Waals surface area contributed by atoms with Crippen molar-refractivity contribution in [2.45, 2.75) is 6.10 Å². The fraction of sp³-hybridized carbons (Fsp3) is 1.00. The zero-order chi connectivity index (χ0) is 5.98. The van der Waals surface area contributed by atoms with Crippen molar-refractivity contribution in [1.29, 1.82) is 0 Å². The average Bonchev–Trinajstić information content (AvgIpc) is 2.14. The fourth-order valence-electron chi connectivity index (χ4n) is 0.823. The van der Waals surface area contributed by atoms with Crippen LogP contribution in [0.3, 0.4) is 0 Å². The molecule has 4 heteroatoms. The van der Waals surface area contributed by atoms with Gasteiger partial charge in [0.25, 0.3) is 0 Å². The van der Waals surface area contributed by atoms with E-state index in [9.17, 15) is 0 Å². The Labute approximate surface area is 97.3 Å². The summed E-state index contributed by atoms with van der Waals surface area (Å²) in [6.07, 6.45) is -0.389. The molecular weight excluding hydrogens is 145 g/mol. The maximum absolute atomic E-state index is 8.94. The number of hydrogen-bond donors (Lipinski definition) is 2. The molecule has 0 amide bonds. The third-order valence-corrected chi connectivity index (χ3v) is 1.46. The number of aliphatic hydroxyl groups excluding tert-OH is 2. The van der Waals surface area contributed by atoms with Crippen molar-refractivity contribution in [3.05, 3.63) is 5.32 Å². The minimum absolute atomic E-state index is 0. The first-order valence-electron chi connectivity index (χ1n) is 2.76. The molecule has 1 rings (SSSR count). The maximum atomic E-state index is 8.94. The van der Waals surface area contributed by atoms with E-state index in [0.717, 1.165) is 0 Å². The first-order chi connectivity index (χ1) is 3.84. The van der Waals surface area contributed by atoms with Crippen molar-refractivity contribution in [2.24, 2.45) is 5.92 Å². The third kappa shape index (κ3) is 2.94. The SMILES string of the molecule is OCC1C[N-]CC1O.[K+]. The van der Waals surface area contributed by atoms with Gasteiger partial charge in [-0.3, -0.25) is 0 Å². The largest absolute Gasteiger partial charge is 1.00 e. The van der Waals surface area contributed by atoms with Crippen LogP contribution in [-0.4, -0.2) is 36.0 Å². The topological polar surface area (TPSA) is 54.6 Å². The van der Waals surface area contributed by atoms with E-state index in [4.69, 9.17) is 10.2 Å². The number of rotatable bonds is 1. The van der Waals surface area contributed by atoms with Gasteiger partial charge in [-0.2, -0.15) is 0 Å². The van der Waals surface area contributed by atoms with E-state index in [1.54, 1.807) is 0 Å². The molecule has 0 aromatic heterocycles. The molecule has 0 saturated carbocycles. The Bertz CT molecular complexity index is 81.4. The van der Waals surface area contributed by atoms with Crippen LogP contribution in [0.1, 0.15) is 0 Å². The van der Waals surface area contributed by atoms with Gasteiger partial charge in [0.15, 0.2) is 0 Å². The van der Waals surface area contributed by atoms with Crippen LogP contribution in [0.5, 0.6) is 0 Å². The zero-order valence-corrected chi connectivity index (χ0v) is 8.74. The van der Waals surface area contributed by atoms with Crippen LogP contribution in [0.4, 0.5) is 0 Å². The Morgan fingerprint density at radius 3 is 2.33 bits per heavy atom. The van der Waals surface area contributed by atoms with Gasteiger partial charge in [0.05, 0.1) is 0 Å². The molecule has 0 bridgehead atoms. The Morgan fingerprint density at radius 2 is 2.11 bits per heavy atom. The van der Waals surface area contributed by atoms with Gasteiger partial charge in [-0.15, -0.1) is 13.1 Å². The van der Waals surface area contributed by atoms with E-state index >= 15 is 0 Å². The summed E-state index contributed by atoms with van der Waals surface area (Å²) in [4.78, 5) is 0. The Hall–Kier alpha value is 1.52. The maximum Gasteiger partial charge on any atom is 1.00 e. The van der Waals surface area contributed by atoms with Gasteiger partial charge in [-0.1, -0.05) is 0 Å². The van der Waals surface area contributed by atoms with Crippen molar-refractivity contribution in [3.8, 4) is 0 Å². The van der Waals surface area contributed by atoms with Crippen LogP contribution >= 0.6 is 0 Å². The number of aliphatic hydroxyl groups is 2. The second-order valence-corrected chi connectivity index (χ2v) is 2.10. The predicted molar refractivity (Wildman–Crippen MR) is 29.7 cm³/mol. The molecule has 2 atom stereocenters. The molecule has 2 unspecified atom stereocenters. The van der Waals surface area contributed by atoms with Crippen LogP contribution in [0.25, 0.3) is 5.32 Å². The van der Waals surface area contributed by atoms with E-state index in [0.29, 0.717) is 13.1 Å². The third-order valence-electron chi connectivity index (χ3n) is 1.46. The van der Waals surface area contributed by atoms with E-state index in [-0.39, 0.29) is 70.0 Å². The molecule has 48 valence electrons. The predicted octanol–water partition coefficient (Wildman–Crippen LogP) is -3.65. The van der Waals surface area contributed by atoms with Gasteiger partial charge in [-0.05, 0) is 5.92 Å². The normalized spacial score (nSPS) is 34.0. The Kier molecular flexibility index (Phi) is 6.08. The molecule has 2 N–H and O–H groups in total. The second-order valence-electron chi connectivity index (χ2n) is 2.10. The van der Waals surface area contributed by atoms with Crippen molar-refractivity contribution in [2.75, 3.05) is 19.7 Å². The Morgan fingerprint density at radius 1 is 1.44 bits per heavy atom. The van der Waals surface area contributed by atoms with E-state index in [1.807, 2.05) is 0 Å². The molecule has 0 aromatic rings. The molecular formula is C5H10KNO2. The number of nitrogens with zero attached hydrogens (tertiary/aromatic N) is 1. The average molecular weight is 155 g/mol. The second kappa shape index (κ2) is 5.20. The fourth-order valence-corrected chi connectivity index (χ4v) is 0.823. The minimum atomic E-state index is -0.389. The van der Waals surface area contributed by atoms with Crippen LogP contribution in [0, 0.1) is 5.92 Å². The van der Waals surface area contributed by atoms with Crippen LogP contribution < -0.4 is 51.4 Å². The molecule has 1 aliphatic rings. The Balaban J connectivity index is 0.000000640. The summed E-state index contributed by atoms with van der Waals surface area (Å²) in [5.41, 5.74) is 0. The van der Waals surface area contributed by atoms with Crippen LogP contribution in [0.2, 0.25) is 0 Å². The van der Waals surface area contributed by atoms with Crippen LogP contribution in [0.15, 0.2) is 0 Å². The molecule has 3 nitrogen and oxygen atoms in total. The molecule has 1 fully saturated rings. The zero-order valence-electron chi connectivity index (χ0n) is 5.62. The molecule has 1 saturated heterocycles. The van der Waals surface area contributed by atoms with Gasteiger partial charge >= 0.3 is 51.4 Å². The summed E-state index contributed by atoms with van der Waals surface area (Å²) in [5, 5.41) is 21.4. The summed E-state index contributed by atoms with van der Waals surface area (Å²) in [5.74, 6) is 0.00926. The van der Waals surface area contributed by atoms with E-state index in [1.165, 1.54) is 0 Å². The smallest absolute Gasteiger partial charge is 0.660 e. The van der Waals surface area contributed by atoms with E-state index < -0.39 is 0 Å². The van der Waals surface area contributed by atoms with Crippen molar-refractivity contribution in [3.63, 3.8) is 0 Å². The summed E-state index contributed by atoms with van der Waals surface area (Å²) >= 11 is 0. The minimum Gasteiger partial charge on any atom is -0.660 e. The van der Waals surface area contributed by atoms with Gasteiger partial charge < -0.3 is 15.5 Å². The number of hydrogen-bond acceptors (Lipinski definition) is 2. The summed E-state index contributed by atoms with van der Waals surface area (Å²) < 4.78 is 0. The molecule has 9 heavy (non-hydrogen) atoms.